The van der Waals surface area contributed by atoms with E-state index in [0.717, 1.165) is 29.1 Å². The zero-order valence-electron chi connectivity index (χ0n) is 13.0. The summed E-state index contributed by atoms with van der Waals surface area (Å²) in [5.41, 5.74) is 1.45. The smallest absolute Gasteiger partial charge is 0.0235 e. The molecule has 0 N–H and O–H groups in total. The van der Waals surface area contributed by atoms with Gasteiger partial charge in [0.2, 0.25) is 0 Å². The van der Waals surface area contributed by atoms with Crippen LogP contribution in [0.1, 0.15) is 79.1 Å². The topological polar surface area (TPSA) is 0 Å². The Balaban J connectivity index is 1.80. The molecule has 0 nitrogen and oxygen atoms in total. The molecule has 4 atom stereocenters. The molecular weight excluding hydrogens is 216 g/mol. The van der Waals surface area contributed by atoms with E-state index in [0.29, 0.717) is 5.41 Å². The van der Waals surface area contributed by atoms with E-state index in [9.17, 15) is 0 Å². The Kier molecular flexibility index (Phi) is 3.07. The average molecular weight is 248 g/mol. The highest BCUT2D eigenvalue weighted by Gasteiger charge is 2.66. The van der Waals surface area contributed by atoms with Gasteiger partial charge in [0, 0.05) is 0 Å². The number of fused-ring (bicyclic) bond motifs is 1. The van der Waals surface area contributed by atoms with Crippen LogP contribution in [0.15, 0.2) is 0 Å². The van der Waals surface area contributed by atoms with Crippen LogP contribution in [0.25, 0.3) is 0 Å². The van der Waals surface area contributed by atoms with E-state index in [4.69, 9.17) is 0 Å². The molecule has 0 bridgehead atoms. The van der Waals surface area contributed by atoms with Crippen molar-refractivity contribution < 1.29 is 0 Å². The Morgan fingerprint density at radius 2 is 1.78 bits per heavy atom. The maximum Gasteiger partial charge on any atom is -0.0235 e. The molecule has 0 heteroatoms. The standard InChI is InChI=1S/C18H32/c1-5-8-16-13(2)17(16,4)14(3)18-11-6-9-15(18)10-7-12-18/h13-16H,5-12H2,1-4H3. The van der Waals surface area contributed by atoms with Crippen molar-refractivity contribution in [3.8, 4) is 0 Å². The average Bonchev–Trinajstić information content (AvgIpc) is 2.78. The third-order valence-corrected chi connectivity index (χ3v) is 7.87. The molecule has 104 valence electrons. The van der Waals surface area contributed by atoms with E-state index in [1.165, 1.54) is 25.7 Å². The summed E-state index contributed by atoms with van der Waals surface area (Å²) in [7, 11) is 0. The Labute approximate surface area is 114 Å². The van der Waals surface area contributed by atoms with E-state index < -0.39 is 0 Å². The number of hydrogen-bond donors (Lipinski definition) is 0. The van der Waals surface area contributed by atoms with Crippen LogP contribution in [-0.2, 0) is 0 Å². The van der Waals surface area contributed by atoms with E-state index in [1.54, 1.807) is 25.7 Å². The van der Waals surface area contributed by atoms with Gasteiger partial charge in [0.05, 0.1) is 0 Å². The van der Waals surface area contributed by atoms with Crippen molar-refractivity contribution in [2.45, 2.75) is 79.1 Å². The molecule has 0 heterocycles. The zero-order chi connectivity index (χ0) is 13.0. The van der Waals surface area contributed by atoms with Crippen molar-refractivity contribution in [2.24, 2.45) is 34.5 Å². The minimum Gasteiger partial charge on any atom is -0.0654 e. The van der Waals surface area contributed by atoms with Gasteiger partial charge in [-0.2, -0.15) is 0 Å². The number of hydrogen-bond acceptors (Lipinski definition) is 0. The van der Waals surface area contributed by atoms with E-state index in [-0.39, 0.29) is 0 Å². The lowest BCUT2D eigenvalue weighted by Gasteiger charge is -2.41. The van der Waals surface area contributed by atoms with Crippen LogP contribution in [0.5, 0.6) is 0 Å². The summed E-state index contributed by atoms with van der Waals surface area (Å²) in [5, 5.41) is 0. The molecule has 18 heavy (non-hydrogen) atoms. The molecular formula is C18H32. The largest absolute Gasteiger partial charge is 0.0654 e. The number of rotatable bonds is 4. The first-order valence-electron chi connectivity index (χ1n) is 8.57. The van der Waals surface area contributed by atoms with Gasteiger partial charge in [-0.3, -0.25) is 0 Å². The molecule has 3 saturated carbocycles. The van der Waals surface area contributed by atoms with Crippen molar-refractivity contribution in [3.63, 3.8) is 0 Å². The summed E-state index contributed by atoms with van der Waals surface area (Å²) in [4.78, 5) is 0. The molecule has 0 amide bonds. The van der Waals surface area contributed by atoms with Crippen LogP contribution in [0.2, 0.25) is 0 Å². The van der Waals surface area contributed by atoms with Crippen molar-refractivity contribution in [1.29, 1.82) is 0 Å². The van der Waals surface area contributed by atoms with Gasteiger partial charge in [0.1, 0.15) is 0 Å². The van der Waals surface area contributed by atoms with Crippen LogP contribution in [-0.4, -0.2) is 0 Å². The first-order valence-corrected chi connectivity index (χ1v) is 8.57. The molecule has 3 fully saturated rings. The SMILES string of the molecule is CCCC1C(C)C1(C)C(C)C12CCCC1CCC2. The molecule has 0 saturated heterocycles. The maximum atomic E-state index is 2.63. The lowest BCUT2D eigenvalue weighted by Crippen LogP contribution is -2.35. The molecule has 4 unspecified atom stereocenters. The fourth-order valence-electron chi connectivity index (χ4n) is 6.46. The van der Waals surface area contributed by atoms with Crippen LogP contribution >= 0.6 is 0 Å². The molecule has 3 rings (SSSR count). The Morgan fingerprint density at radius 1 is 1.17 bits per heavy atom. The minimum atomic E-state index is 0.683. The highest BCUT2D eigenvalue weighted by molar-refractivity contribution is 5.14. The Morgan fingerprint density at radius 3 is 2.33 bits per heavy atom. The van der Waals surface area contributed by atoms with Gasteiger partial charge in [0.15, 0.2) is 0 Å². The summed E-state index contributed by atoms with van der Waals surface area (Å²) in [5.74, 6) is 4.10. The molecule has 0 aliphatic heterocycles. The lowest BCUT2D eigenvalue weighted by atomic mass is 9.63. The van der Waals surface area contributed by atoms with Gasteiger partial charge in [-0.1, -0.05) is 47.0 Å². The highest BCUT2D eigenvalue weighted by atomic mass is 14.7. The van der Waals surface area contributed by atoms with Gasteiger partial charge in [-0.25, -0.2) is 0 Å². The molecule has 3 aliphatic carbocycles. The van der Waals surface area contributed by atoms with Crippen molar-refractivity contribution >= 4 is 0 Å². The monoisotopic (exact) mass is 248 g/mol. The zero-order valence-corrected chi connectivity index (χ0v) is 13.0. The van der Waals surface area contributed by atoms with Crippen LogP contribution in [0.3, 0.4) is 0 Å². The second kappa shape index (κ2) is 4.25. The first kappa shape index (κ1) is 13.0. The van der Waals surface area contributed by atoms with Gasteiger partial charge in [0.25, 0.3) is 0 Å². The van der Waals surface area contributed by atoms with Gasteiger partial charge >= 0.3 is 0 Å². The summed E-state index contributed by atoms with van der Waals surface area (Å²) in [6.07, 6.45) is 12.1. The summed E-state index contributed by atoms with van der Waals surface area (Å²) in [6, 6.07) is 0. The van der Waals surface area contributed by atoms with Crippen LogP contribution < -0.4 is 0 Å². The van der Waals surface area contributed by atoms with Gasteiger partial charge in [-0.15, -0.1) is 0 Å². The second-order valence-electron chi connectivity index (χ2n) is 7.99. The van der Waals surface area contributed by atoms with E-state index in [1.807, 2.05) is 0 Å². The predicted octanol–water partition coefficient (Wildman–Crippen LogP) is 5.67. The Hall–Kier alpha value is 0. The molecule has 0 spiro atoms. The molecule has 0 aromatic rings. The summed E-state index contributed by atoms with van der Waals surface area (Å²) < 4.78 is 0. The van der Waals surface area contributed by atoms with E-state index >= 15 is 0 Å². The second-order valence-corrected chi connectivity index (χ2v) is 7.99. The lowest BCUT2D eigenvalue weighted by molar-refractivity contribution is 0.0713. The van der Waals surface area contributed by atoms with Crippen molar-refractivity contribution in [1.82, 2.24) is 0 Å². The third-order valence-electron chi connectivity index (χ3n) is 7.87. The van der Waals surface area contributed by atoms with Gasteiger partial charge < -0.3 is 0 Å². The van der Waals surface area contributed by atoms with E-state index in [2.05, 4.69) is 27.7 Å². The highest BCUT2D eigenvalue weighted by Crippen LogP contribution is 2.72. The summed E-state index contributed by atoms with van der Waals surface area (Å²) in [6.45, 7) is 10.2. The van der Waals surface area contributed by atoms with Crippen LogP contribution in [0, 0.1) is 34.5 Å². The van der Waals surface area contributed by atoms with Gasteiger partial charge in [-0.05, 0) is 66.6 Å². The first-order chi connectivity index (χ1) is 8.57. The normalized spacial score (nSPS) is 52.3. The minimum absolute atomic E-state index is 0.683. The maximum absolute atomic E-state index is 2.63. The Bertz CT molecular complexity index is 308. The van der Waals surface area contributed by atoms with Crippen molar-refractivity contribution in [2.75, 3.05) is 0 Å². The summed E-state index contributed by atoms with van der Waals surface area (Å²) >= 11 is 0. The molecule has 0 aromatic heterocycles. The molecule has 3 aliphatic rings. The third kappa shape index (κ3) is 1.50. The predicted molar refractivity (Wildman–Crippen MR) is 78.5 cm³/mol. The molecule has 0 radical (unpaired) electrons. The fourth-order valence-corrected chi connectivity index (χ4v) is 6.46. The fraction of sp³-hybridized carbons (Fsp3) is 1.00. The van der Waals surface area contributed by atoms with Crippen LogP contribution in [0.4, 0.5) is 0 Å². The quantitative estimate of drug-likeness (QED) is 0.601. The molecule has 0 aromatic carbocycles. The van der Waals surface area contributed by atoms with Crippen molar-refractivity contribution in [3.05, 3.63) is 0 Å².